The highest BCUT2D eigenvalue weighted by Gasteiger charge is 2.14. The first-order chi connectivity index (χ1) is 13.9. The van der Waals surface area contributed by atoms with Crippen LogP contribution in [0.5, 0.6) is 0 Å². The van der Waals surface area contributed by atoms with Crippen LogP contribution in [0.1, 0.15) is 27.8 Å². The summed E-state index contributed by atoms with van der Waals surface area (Å²) in [5.74, 6) is -0.416. The molecule has 0 bridgehead atoms. The van der Waals surface area contributed by atoms with Crippen LogP contribution in [0.4, 0.5) is 17.1 Å². The maximum Gasteiger partial charge on any atom is 0.330 e. The van der Waals surface area contributed by atoms with Crippen molar-refractivity contribution in [2.45, 2.75) is 34.3 Å². The standard InChI is InChI=1S/C26H27NO2/c1-6-26(28)29-17-22-9-13-23(14-10-22)27(24-11-7-18(2)20(4)15-24)25-12-8-19(3)21(5)16-25/h6-16H,1,17H2,2-5H3. The number of benzene rings is 3. The molecule has 0 fully saturated rings. The summed E-state index contributed by atoms with van der Waals surface area (Å²) >= 11 is 0. The molecule has 3 rings (SSSR count). The first-order valence-corrected chi connectivity index (χ1v) is 9.72. The molecular formula is C26H27NO2. The predicted molar refractivity (Wildman–Crippen MR) is 120 cm³/mol. The quantitative estimate of drug-likeness (QED) is 0.353. The summed E-state index contributed by atoms with van der Waals surface area (Å²) < 4.78 is 5.13. The molecule has 3 nitrogen and oxygen atoms in total. The lowest BCUT2D eigenvalue weighted by Crippen LogP contribution is -2.11. The molecule has 29 heavy (non-hydrogen) atoms. The second kappa shape index (κ2) is 8.78. The Kier molecular flexibility index (Phi) is 6.18. The summed E-state index contributed by atoms with van der Waals surface area (Å²) in [6.07, 6.45) is 1.18. The van der Waals surface area contributed by atoms with Crippen LogP contribution in [0.3, 0.4) is 0 Å². The van der Waals surface area contributed by atoms with E-state index in [2.05, 4.69) is 87.7 Å². The normalized spacial score (nSPS) is 10.5. The largest absolute Gasteiger partial charge is 0.458 e. The van der Waals surface area contributed by atoms with Crippen molar-refractivity contribution in [3.05, 3.63) is 101 Å². The minimum Gasteiger partial charge on any atom is -0.458 e. The van der Waals surface area contributed by atoms with Crippen molar-refractivity contribution in [2.24, 2.45) is 0 Å². The molecule has 0 aliphatic rings. The molecule has 0 aliphatic carbocycles. The lowest BCUT2D eigenvalue weighted by molar-refractivity contribution is -0.138. The van der Waals surface area contributed by atoms with Crippen molar-refractivity contribution in [2.75, 3.05) is 4.90 Å². The van der Waals surface area contributed by atoms with Crippen LogP contribution < -0.4 is 4.90 Å². The number of esters is 1. The molecule has 0 amide bonds. The predicted octanol–water partition coefficient (Wildman–Crippen LogP) is 6.62. The third-order valence-electron chi connectivity index (χ3n) is 5.24. The maximum atomic E-state index is 11.3. The highest BCUT2D eigenvalue weighted by Crippen LogP contribution is 2.36. The van der Waals surface area contributed by atoms with Gasteiger partial charge in [0.15, 0.2) is 0 Å². The third-order valence-corrected chi connectivity index (χ3v) is 5.24. The van der Waals surface area contributed by atoms with E-state index < -0.39 is 5.97 Å². The Hall–Kier alpha value is -3.33. The average Bonchev–Trinajstić information content (AvgIpc) is 2.72. The van der Waals surface area contributed by atoms with E-state index in [0.717, 1.165) is 22.6 Å². The molecule has 148 valence electrons. The first-order valence-electron chi connectivity index (χ1n) is 9.72. The Morgan fingerprint density at radius 1 is 0.793 bits per heavy atom. The van der Waals surface area contributed by atoms with E-state index in [0.29, 0.717) is 0 Å². The number of ether oxygens (including phenoxy) is 1. The van der Waals surface area contributed by atoms with E-state index in [1.54, 1.807) is 0 Å². The van der Waals surface area contributed by atoms with E-state index >= 15 is 0 Å². The van der Waals surface area contributed by atoms with Crippen LogP contribution in [-0.2, 0) is 16.1 Å². The van der Waals surface area contributed by atoms with Gasteiger partial charge in [0.2, 0.25) is 0 Å². The van der Waals surface area contributed by atoms with Gasteiger partial charge in [-0.2, -0.15) is 0 Å². The minimum atomic E-state index is -0.416. The van der Waals surface area contributed by atoms with E-state index in [9.17, 15) is 4.79 Å². The SMILES string of the molecule is C=CC(=O)OCc1ccc(N(c2ccc(C)c(C)c2)c2ccc(C)c(C)c2)cc1. The van der Waals surface area contributed by atoms with Gasteiger partial charge in [-0.3, -0.25) is 0 Å². The summed E-state index contributed by atoms with van der Waals surface area (Å²) in [6.45, 7) is 12.2. The fourth-order valence-corrected chi connectivity index (χ4v) is 3.13. The fraction of sp³-hybridized carbons (Fsp3) is 0.192. The second-order valence-corrected chi connectivity index (χ2v) is 7.35. The number of carbonyl (C=O) groups excluding carboxylic acids is 1. The van der Waals surface area contributed by atoms with Crippen molar-refractivity contribution in [1.29, 1.82) is 0 Å². The molecular weight excluding hydrogens is 358 g/mol. The lowest BCUT2D eigenvalue weighted by atomic mass is 10.1. The summed E-state index contributed by atoms with van der Waals surface area (Å²) in [5, 5.41) is 0. The summed E-state index contributed by atoms with van der Waals surface area (Å²) in [5.41, 5.74) is 9.26. The number of carbonyl (C=O) groups is 1. The minimum absolute atomic E-state index is 0.235. The van der Waals surface area contributed by atoms with Crippen molar-refractivity contribution in [1.82, 2.24) is 0 Å². The van der Waals surface area contributed by atoms with Crippen molar-refractivity contribution in [3.8, 4) is 0 Å². The van der Waals surface area contributed by atoms with Gasteiger partial charge in [-0.25, -0.2) is 4.79 Å². The Labute approximate surface area is 173 Å². The Balaban J connectivity index is 2.00. The third kappa shape index (κ3) is 4.75. The zero-order chi connectivity index (χ0) is 21.0. The number of hydrogen-bond donors (Lipinski definition) is 0. The van der Waals surface area contributed by atoms with Crippen LogP contribution in [0.2, 0.25) is 0 Å². The molecule has 0 heterocycles. The zero-order valence-electron chi connectivity index (χ0n) is 17.5. The van der Waals surface area contributed by atoms with Gasteiger partial charge in [-0.1, -0.05) is 30.8 Å². The van der Waals surface area contributed by atoms with Gasteiger partial charge in [-0.15, -0.1) is 0 Å². The molecule has 3 heteroatoms. The molecule has 0 atom stereocenters. The molecule has 0 saturated heterocycles. The van der Waals surface area contributed by atoms with Crippen LogP contribution in [0, 0.1) is 27.7 Å². The van der Waals surface area contributed by atoms with E-state index in [1.165, 1.54) is 28.3 Å². The molecule has 0 aliphatic heterocycles. The van der Waals surface area contributed by atoms with Crippen LogP contribution in [0.15, 0.2) is 73.3 Å². The number of rotatable bonds is 6. The van der Waals surface area contributed by atoms with Crippen molar-refractivity contribution >= 4 is 23.0 Å². The molecule has 0 spiro atoms. The molecule has 3 aromatic rings. The number of hydrogen-bond acceptors (Lipinski definition) is 3. The summed E-state index contributed by atoms with van der Waals surface area (Å²) in [6, 6.07) is 21.1. The Morgan fingerprint density at radius 3 is 1.72 bits per heavy atom. The van der Waals surface area contributed by atoms with Gasteiger partial charge >= 0.3 is 5.97 Å². The highest BCUT2D eigenvalue weighted by atomic mass is 16.5. The topological polar surface area (TPSA) is 29.5 Å². The second-order valence-electron chi connectivity index (χ2n) is 7.35. The van der Waals surface area contributed by atoms with Gasteiger partial charge in [0.1, 0.15) is 6.61 Å². The van der Waals surface area contributed by atoms with Crippen LogP contribution in [-0.4, -0.2) is 5.97 Å². The van der Waals surface area contributed by atoms with Gasteiger partial charge in [0.25, 0.3) is 0 Å². The van der Waals surface area contributed by atoms with Crippen LogP contribution in [0.25, 0.3) is 0 Å². The smallest absolute Gasteiger partial charge is 0.330 e. The monoisotopic (exact) mass is 385 g/mol. The van der Waals surface area contributed by atoms with E-state index in [-0.39, 0.29) is 6.61 Å². The lowest BCUT2D eigenvalue weighted by Gasteiger charge is -2.27. The molecule has 0 saturated carbocycles. The molecule has 0 radical (unpaired) electrons. The van der Waals surface area contributed by atoms with Crippen LogP contribution >= 0.6 is 0 Å². The number of aryl methyl sites for hydroxylation is 4. The zero-order valence-corrected chi connectivity index (χ0v) is 17.5. The highest BCUT2D eigenvalue weighted by molar-refractivity contribution is 5.81. The summed E-state index contributed by atoms with van der Waals surface area (Å²) in [7, 11) is 0. The number of anilines is 3. The van der Waals surface area contributed by atoms with Gasteiger partial charge in [0.05, 0.1) is 0 Å². The molecule has 0 N–H and O–H groups in total. The van der Waals surface area contributed by atoms with Crippen molar-refractivity contribution in [3.63, 3.8) is 0 Å². The Morgan fingerprint density at radius 2 is 1.28 bits per heavy atom. The number of nitrogens with zero attached hydrogens (tertiary/aromatic N) is 1. The fourth-order valence-electron chi connectivity index (χ4n) is 3.13. The van der Waals surface area contributed by atoms with Gasteiger partial charge in [0, 0.05) is 23.1 Å². The average molecular weight is 386 g/mol. The molecule has 3 aromatic carbocycles. The maximum absolute atomic E-state index is 11.3. The molecule has 0 aromatic heterocycles. The van der Waals surface area contributed by atoms with Gasteiger partial charge in [-0.05, 0) is 91.9 Å². The molecule has 0 unspecified atom stereocenters. The van der Waals surface area contributed by atoms with E-state index in [4.69, 9.17) is 4.74 Å². The van der Waals surface area contributed by atoms with Crippen molar-refractivity contribution < 1.29 is 9.53 Å². The Bertz CT molecular complexity index is 984. The first kappa shape index (κ1) is 20.4. The van der Waals surface area contributed by atoms with Gasteiger partial charge < -0.3 is 9.64 Å². The summed E-state index contributed by atoms with van der Waals surface area (Å²) in [4.78, 5) is 13.5. The van der Waals surface area contributed by atoms with E-state index in [1.807, 2.05) is 12.1 Å².